The number of piperazine rings is 1. The van der Waals surface area contributed by atoms with Gasteiger partial charge in [0.05, 0.1) is 7.11 Å². The predicted molar refractivity (Wildman–Crippen MR) is 128 cm³/mol. The second kappa shape index (κ2) is 9.50. The SMILES string of the molecule is COc1ccc(N2CCN(S(=O)(=O)c3ccsc3C(=O)Nc3cccc(Cl)c3)CC2)cc1. The number of nitrogens with zero attached hydrogens (tertiary/aromatic N) is 2. The van der Waals surface area contributed by atoms with Crippen molar-refractivity contribution in [1.29, 1.82) is 0 Å². The first-order valence-electron chi connectivity index (χ1n) is 9.92. The quantitative estimate of drug-likeness (QED) is 0.559. The van der Waals surface area contributed by atoms with Gasteiger partial charge in [0.25, 0.3) is 5.91 Å². The zero-order valence-corrected chi connectivity index (χ0v) is 19.7. The number of benzene rings is 2. The van der Waals surface area contributed by atoms with E-state index in [2.05, 4.69) is 10.2 Å². The highest BCUT2D eigenvalue weighted by atomic mass is 35.5. The lowest BCUT2D eigenvalue weighted by molar-refractivity contribution is 0.102. The smallest absolute Gasteiger partial charge is 0.267 e. The fourth-order valence-corrected chi connectivity index (χ4v) is 6.45. The van der Waals surface area contributed by atoms with E-state index in [-0.39, 0.29) is 9.77 Å². The van der Waals surface area contributed by atoms with Crippen molar-refractivity contribution in [2.75, 3.05) is 43.5 Å². The molecule has 168 valence electrons. The largest absolute Gasteiger partial charge is 0.497 e. The summed E-state index contributed by atoms with van der Waals surface area (Å²) in [5.41, 5.74) is 1.52. The van der Waals surface area contributed by atoms with Crippen LogP contribution in [0.25, 0.3) is 0 Å². The second-order valence-electron chi connectivity index (χ2n) is 7.17. The van der Waals surface area contributed by atoms with Crippen molar-refractivity contribution in [3.05, 3.63) is 69.9 Å². The molecule has 3 aromatic rings. The minimum atomic E-state index is -3.80. The fraction of sp³-hybridized carbons (Fsp3) is 0.227. The Morgan fingerprint density at radius 3 is 2.44 bits per heavy atom. The van der Waals surface area contributed by atoms with Crippen LogP contribution >= 0.6 is 22.9 Å². The van der Waals surface area contributed by atoms with Gasteiger partial charge in [-0.1, -0.05) is 17.7 Å². The van der Waals surface area contributed by atoms with Crippen molar-refractivity contribution >= 4 is 50.2 Å². The molecule has 1 aliphatic heterocycles. The molecule has 0 saturated carbocycles. The van der Waals surface area contributed by atoms with Gasteiger partial charge in [0.15, 0.2) is 0 Å². The van der Waals surface area contributed by atoms with Crippen LogP contribution in [0.3, 0.4) is 0 Å². The number of nitrogens with one attached hydrogen (secondary N) is 1. The first kappa shape index (κ1) is 22.6. The Kier molecular flexibility index (Phi) is 6.71. The lowest BCUT2D eigenvalue weighted by Crippen LogP contribution is -2.48. The normalized spacial score (nSPS) is 14.9. The van der Waals surface area contributed by atoms with Gasteiger partial charge in [-0.15, -0.1) is 11.3 Å². The monoisotopic (exact) mass is 491 g/mol. The molecule has 0 radical (unpaired) electrons. The Labute approximate surface area is 196 Å². The summed E-state index contributed by atoms with van der Waals surface area (Å²) >= 11 is 7.07. The standard InChI is InChI=1S/C22H22ClN3O4S2/c1-30-19-7-5-18(6-8-19)25-10-12-26(13-11-25)32(28,29)20-9-14-31-21(20)22(27)24-17-4-2-3-16(23)15-17/h2-9,14-15H,10-13H2,1H3,(H,24,27). The van der Waals surface area contributed by atoms with E-state index in [9.17, 15) is 13.2 Å². The molecule has 7 nitrogen and oxygen atoms in total. The van der Waals surface area contributed by atoms with Gasteiger partial charge in [0, 0.05) is 42.6 Å². The highest BCUT2D eigenvalue weighted by molar-refractivity contribution is 7.89. The average Bonchev–Trinajstić information content (AvgIpc) is 3.30. The molecule has 1 saturated heterocycles. The van der Waals surface area contributed by atoms with E-state index in [1.54, 1.807) is 36.8 Å². The van der Waals surface area contributed by atoms with E-state index in [0.29, 0.717) is 36.9 Å². The van der Waals surface area contributed by atoms with Gasteiger partial charge in [0.1, 0.15) is 15.5 Å². The molecule has 1 aliphatic rings. The Balaban J connectivity index is 1.46. The number of hydrogen-bond donors (Lipinski definition) is 1. The second-order valence-corrected chi connectivity index (χ2v) is 10.4. The van der Waals surface area contributed by atoms with Crippen molar-refractivity contribution in [3.8, 4) is 5.75 Å². The summed E-state index contributed by atoms with van der Waals surface area (Å²) in [7, 11) is -2.18. The minimum absolute atomic E-state index is 0.0277. The number of halogens is 1. The molecular weight excluding hydrogens is 470 g/mol. The molecule has 0 aliphatic carbocycles. The molecule has 4 rings (SSSR count). The van der Waals surface area contributed by atoms with Crippen LogP contribution in [0.1, 0.15) is 9.67 Å². The maximum atomic E-state index is 13.3. The Morgan fingerprint density at radius 2 is 1.78 bits per heavy atom. The highest BCUT2D eigenvalue weighted by Gasteiger charge is 2.32. The van der Waals surface area contributed by atoms with Crippen LogP contribution < -0.4 is 15.0 Å². The number of rotatable bonds is 6. The molecule has 0 bridgehead atoms. The third-order valence-corrected chi connectivity index (χ3v) is 8.43. The van der Waals surface area contributed by atoms with Crippen molar-refractivity contribution in [3.63, 3.8) is 0 Å². The van der Waals surface area contributed by atoms with Crippen LogP contribution in [0, 0.1) is 0 Å². The number of hydrogen-bond acceptors (Lipinski definition) is 6. The van der Waals surface area contributed by atoms with Crippen molar-refractivity contribution in [1.82, 2.24) is 4.31 Å². The van der Waals surface area contributed by atoms with Crippen molar-refractivity contribution < 1.29 is 17.9 Å². The zero-order chi connectivity index (χ0) is 22.7. The number of methoxy groups -OCH3 is 1. The minimum Gasteiger partial charge on any atom is -0.497 e. The van der Waals surface area contributed by atoms with Gasteiger partial charge in [0.2, 0.25) is 10.0 Å². The topological polar surface area (TPSA) is 79.0 Å². The van der Waals surface area contributed by atoms with E-state index in [1.165, 1.54) is 10.4 Å². The summed E-state index contributed by atoms with van der Waals surface area (Å²) in [4.78, 5) is 15.1. The number of carbonyl (C=O) groups is 1. The summed E-state index contributed by atoms with van der Waals surface area (Å²) in [6, 6.07) is 15.9. The van der Waals surface area contributed by atoms with E-state index in [1.807, 2.05) is 24.3 Å². The number of anilines is 2. The van der Waals surface area contributed by atoms with Crippen LogP contribution in [-0.4, -0.2) is 51.9 Å². The molecule has 0 spiro atoms. The summed E-state index contributed by atoms with van der Waals surface area (Å²) in [6.07, 6.45) is 0. The van der Waals surface area contributed by atoms with Crippen molar-refractivity contribution in [2.45, 2.75) is 4.90 Å². The number of ether oxygens (including phenoxy) is 1. The molecule has 2 aromatic carbocycles. The number of carbonyl (C=O) groups excluding carboxylic acids is 1. The van der Waals surface area contributed by atoms with Crippen LogP contribution in [0.4, 0.5) is 11.4 Å². The van der Waals surface area contributed by atoms with Crippen LogP contribution in [0.15, 0.2) is 64.9 Å². The van der Waals surface area contributed by atoms with E-state index >= 15 is 0 Å². The van der Waals surface area contributed by atoms with Crippen molar-refractivity contribution in [2.24, 2.45) is 0 Å². The molecule has 10 heteroatoms. The van der Waals surface area contributed by atoms with Crippen LogP contribution in [0.5, 0.6) is 5.75 Å². The number of sulfonamides is 1. The maximum absolute atomic E-state index is 13.3. The molecular formula is C22H22ClN3O4S2. The molecule has 1 amide bonds. The van der Waals surface area contributed by atoms with E-state index in [0.717, 1.165) is 22.8 Å². The maximum Gasteiger partial charge on any atom is 0.267 e. The molecule has 0 atom stereocenters. The predicted octanol–water partition coefficient (Wildman–Crippen LogP) is 4.17. The van der Waals surface area contributed by atoms with Gasteiger partial charge >= 0.3 is 0 Å². The lowest BCUT2D eigenvalue weighted by Gasteiger charge is -2.35. The molecule has 2 heterocycles. The Hall–Kier alpha value is -2.59. The fourth-order valence-electron chi connectivity index (χ4n) is 3.54. The molecule has 0 unspecified atom stereocenters. The molecule has 32 heavy (non-hydrogen) atoms. The lowest BCUT2D eigenvalue weighted by atomic mass is 10.2. The van der Waals surface area contributed by atoms with Gasteiger partial charge in [-0.05, 0) is 53.9 Å². The van der Waals surface area contributed by atoms with Gasteiger partial charge < -0.3 is 15.0 Å². The van der Waals surface area contributed by atoms with Gasteiger partial charge in [-0.25, -0.2) is 8.42 Å². The summed E-state index contributed by atoms with van der Waals surface area (Å²) < 4.78 is 33.2. The molecule has 1 fully saturated rings. The first-order chi connectivity index (χ1) is 15.4. The summed E-state index contributed by atoms with van der Waals surface area (Å²) in [5.74, 6) is 0.300. The first-order valence-corrected chi connectivity index (χ1v) is 12.6. The zero-order valence-electron chi connectivity index (χ0n) is 17.3. The number of amides is 1. The molecule has 1 aromatic heterocycles. The Bertz CT molecular complexity index is 1200. The van der Waals surface area contributed by atoms with Gasteiger partial charge in [-0.3, -0.25) is 4.79 Å². The summed E-state index contributed by atoms with van der Waals surface area (Å²) in [5, 5.41) is 4.83. The van der Waals surface area contributed by atoms with Crippen LogP contribution in [-0.2, 0) is 10.0 Å². The van der Waals surface area contributed by atoms with E-state index in [4.69, 9.17) is 16.3 Å². The summed E-state index contributed by atoms with van der Waals surface area (Å²) in [6.45, 7) is 1.78. The Morgan fingerprint density at radius 1 is 1.06 bits per heavy atom. The van der Waals surface area contributed by atoms with E-state index < -0.39 is 15.9 Å². The third kappa shape index (κ3) is 4.75. The molecule has 1 N–H and O–H groups in total. The third-order valence-electron chi connectivity index (χ3n) is 5.21. The van der Waals surface area contributed by atoms with Crippen LogP contribution in [0.2, 0.25) is 5.02 Å². The number of thiophene rings is 1. The van der Waals surface area contributed by atoms with Gasteiger partial charge in [-0.2, -0.15) is 4.31 Å². The average molecular weight is 492 g/mol. The highest BCUT2D eigenvalue weighted by Crippen LogP contribution is 2.28.